The summed E-state index contributed by atoms with van der Waals surface area (Å²) in [6.45, 7) is 3.41. The SMILES string of the molecule is c1ccc2oc(CCCN3CCCC(c4ccn[nH]4)C3)nc2c1. The number of para-hydroxylation sites is 2. The summed E-state index contributed by atoms with van der Waals surface area (Å²) < 4.78 is 5.79. The summed E-state index contributed by atoms with van der Waals surface area (Å²) in [5, 5.41) is 7.20. The Bertz CT molecular complexity index is 716. The number of H-pyrrole nitrogens is 1. The quantitative estimate of drug-likeness (QED) is 0.785. The van der Waals surface area contributed by atoms with Crippen molar-refractivity contribution in [1.29, 1.82) is 0 Å². The summed E-state index contributed by atoms with van der Waals surface area (Å²) in [6, 6.07) is 10.1. The Labute approximate surface area is 135 Å². The predicted molar refractivity (Wildman–Crippen MR) is 89.3 cm³/mol. The lowest BCUT2D eigenvalue weighted by atomic mass is 9.95. The van der Waals surface area contributed by atoms with E-state index in [0.29, 0.717) is 5.92 Å². The molecule has 0 aliphatic carbocycles. The third-order valence-electron chi connectivity index (χ3n) is 4.67. The van der Waals surface area contributed by atoms with E-state index in [1.54, 1.807) is 0 Å². The van der Waals surface area contributed by atoms with Gasteiger partial charge in [-0.15, -0.1) is 0 Å². The fraction of sp³-hybridized carbons (Fsp3) is 0.444. The molecule has 1 aliphatic rings. The van der Waals surface area contributed by atoms with E-state index in [1.807, 2.05) is 30.5 Å². The standard InChI is InChI=1S/C18H22N4O/c1-2-7-17-16(6-1)20-18(23-17)8-4-12-22-11-3-5-14(13-22)15-9-10-19-21-15/h1-2,6-7,9-10,14H,3-5,8,11-13H2,(H,19,21). The molecule has 2 aromatic heterocycles. The van der Waals surface area contributed by atoms with Crippen molar-refractivity contribution >= 4 is 11.1 Å². The van der Waals surface area contributed by atoms with Crippen LogP contribution < -0.4 is 0 Å². The molecule has 1 unspecified atom stereocenters. The molecule has 1 aromatic carbocycles. The number of benzene rings is 1. The molecule has 3 aromatic rings. The molecular weight excluding hydrogens is 288 g/mol. The topological polar surface area (TPSA) is 58.0 Å². The molecule has 4 rings (SSSR count). The molecule has 23 heavy (non-hydrogen) atoms. The second-order valence-electron chi connectivity index (χ2n) is 6.33. The Morgan fingerprint density at radius 3 is 3.09 bits per heavy atom. The summed E-state index contributed by atoms with van der Waals surface area (Å²) in [5.74, 6) is 1.45. The highest BCUT2D eigenvalue weighted by molar-refractivity contribution is 5.72. The smallest absolute Gasteiger partial charge is 0.195 e. The first kappa shape index (κ1) is 14.5. The summed E-state index contributed by atoms with van der Waals surface area (Å²) >= 11 is 0. The molecule has 0 saturated carbocycles. The van der Waals surface area contributed by atoms with Crippen molar-refractivity contribution in [2.75, 3.05) is 19.6 Å². The van der Waals surface area contributed by atoms with Crippen LogP contribution in [0.3, 0.4) is 0 Å². The first-order chi connectivity index (χ1) is 11.4. The lowest BCUT2D eigenvalue weighted by Gasteiger charge is -2.32. The van der Waals surface area contributed by atoms with Gasteiger partial charge in [0.1, 0.15) is 5.52 Å². The average molecular weight is 310 g/mol. The van der Waals surface area contributed by atoms with Gasteiger partial charge in [-0.2, -0.15) is 5.10 Å². The van der Waals surface area contributed by atoms with Crippen molar-refractivity contribution in [3.05, 3.63) is 48.1 Å². The van der Waals surface area contributed by atoms with Gasteiger partial charge >= 0.3 is 0 Å². The normalized spacial score (nSPS) is 19.4. The molecule has 5 nitrogen and oxygen atoms in total. The average Bonchev–Trinajstić information content (AvgIpc) is 3.24. The molecule has 1 N–H and O–H groups in total. The third-order valence-corrected chi connectivity index (χ3v) is 4.67. The summed E-state index contributed by atoms with van der Waals surface area (Å²) in [6.07, 6.45) is 6.35. The second kappa shape index (κ2) is 6.54. The van der Waals surface area contributed by atoms with E-state index in [9.17, 15) is 0 Å². The summed E-state index contributed by atoms with van der Waals surface area (Å²) in [5.41, 5.74) is 3.12. The maximum Gasteiger partial charge on any atom is 0.195 e. The fourth-order valence-electron chi connectivity index (χ4n) is 3.49. The number of rotatable bonds is 5. The maximum atomic E-state index is 5.79. The van der Waals surface area contributed by atoms with Crippen molar-refractivity contribution < 1.29 is 4.42 Å². The summed E-state index contributed by atoms with van der Waals surface area (Å²) in [7, 11) is 0. The van der Waals surface area contributed by atoms with Crippen LogP contribution in [0.5, 0.6) is 0 Å². The zero-order valence-corrected chi connectivity index (χ0v) is 13.2. The number of nitrogens with one attached hydrogen (secondary N) is 1. The lowest BCUT2D eigenvalue weighted by molar-refractivity contribution is 0.203. The van der Waals surface area contributed by atoms with Crippen molar-refractivity contribution in [1.82, 2.24) is 20.1 Å². The Kier molecular flexibility index (Phi) is 4.11. The van der Waals surface area contributed by atoms with Crippen molar-refractivity contribution in [2.24, 2.45) is 0 Å². The number of aromatic nitrogens is 3. The molecule has 1 aliphatic heterocycles. The second-order valence-corrected chi connectivity index (χ2v) is 6.33. The number of hydrogen-bond acceptors (Lipinski definition) is 4. The van der Waals surface area contributed by atoms with Gasteiger partial charge in [-0.3, -0.25) is 5.10 Å². The van der Waals surface area contributed by atoms with Gasteiger partial charge in [0.25, 0.3) is 0 Å². The Balaban J connectivity index is 1.30. The van der Waals surface area contributed by atoms with Crippen LogP contribution in [0.2, 0.25) is 0 Å². The molecule has 0 bridgehead atoms. The first-order valence-electron chi connectivity index (χ1n) is 8.44. The highest BCUT2D eigenvalue weighted by atomic mass is 16.3. The Hall–Kier alpha value is -2.14. The van der Waals surface area contributed by atoms with Gasteiger partial charge in [0, 0.05) is 30.8 Å². The number of likely N-dealkylation sites (tertiary alicyclic amines) is 1. The molecule has 1 saturated heterocycles. The number of fused-ring (bicyclic) bond motifs is 1. The number of hydrogen-bond donors (Lipinski definition) is 1. The molecule has 0 spiro atoms. The van der Waals surface area contributed by atoms with Crippen LogP contribution >= 0.6 is 0 Å². The van der Waals surface area contributed by atoms with Crippen LogP contribution in [0, 0.1) is 0 Å². The first-order valence-corrected chi connectivity index (χ1v) is 8.44. The van der Waals surface area contributed by atoms with Gasteiger partial charge < -0.3 is 9.32 Å². The van der Waals surface area contributed by atoms with Gasteiger partial charge in [-0.1, -0.05) is 12.1 Å². The van der Waals surface area contributed by atoms with Gasteiger partial charge in [0.15, 0.2) is 11.5 Å². The van der Waals surface area contributed by atoms with E-state index < -0.39 is 0 Å². The molecule has 120 valence electrons. The minimum Gasteiger partial charge on any atom is -0.441 e. The van der Waals surface area contributed by atoms with Crippen LogP contribution in [0.4, 0.5) is 0 Å². The van der Waals surface area contributed by atoms with Crippen molar-refractivity contribution in [3.63, 3.8) is 0 Å². The van der Waals surface area contributed by atoms with Crippen molar-refractivity contribution in [2.45, 2.75) is 31.6 Å². The number of oxazole rings is 1. The molecule has 1 fully saturated rings. The third kappa shape index (κ3) is 3.29. The zero-order valence-electron chi connectivity index (χ0n) is 13.2. The number of piperidine rings is 1. The van der Waals surface area contributed by atoms with Crippen LogP contribution in [-0.2, 0) is 6.42 Å². The highest BCUT2D eigenvalue weighted by Crippen LogP contribution is 2.25. The fourth-order valence-corrected chi connectivity index (χ4v) is 3.49. The van der Waals surface area contributed by atoms with E-state index in [-0.39, 0.29) is 0 Å². The van der Waals surface area contributed by atoms with E-state index in [4.69, 9.17) is 4.42 Å². The van der Waals surface area contributed by atoms with Crippen LogP contribution in [-0.4, -0.2) is 39.7 Å². The monoisotopic (exact) mass is 310 g/mol. The minimum atomic E-state index is 0.593. The zero-order chi connectivity index (χ0) is 15.5. The van der Waals surface area contributed by atoms with E-state index in [1.165, 1.54) is 25.1 Å². The molecule has 5 heteroatoms. The highest BCUT2D eigenvalue weighted by Gasteiger charge is 2.21. The molecular formula is C18H22N4O. The summed E-state index contributed by atoms with van der Waals surface area (Å²) in [4.78, 5) is 7.11. The van der Waals surface area contributed by atoms with Gasteiger partial charge in [0.05, 0.1) is 0 Å². The lowest BCUT2D eigenvalue weighted by Crippen LogP contribution is -2.35. The molecule has 0 radical (unpaired) electrons. The Morgan fingerprint density at radius 1 is 1.26 bits per heavy atom. The van der Waals surface area contributed by atoms with E-state index >= 15 is 0 Å². The number of aromatic amines is 1. The van der Waals surface area contributed by atoms with Crippen LogP contribution in [0.1, 0.15) is 36.8 Å². The van der Waals surface area contributed by atoms with Crippen LogP contribution in [0.15, 0.2) is 40.9 Å². The Morgan fingerprint density at radius 2 is 2.22 bits per heavy atom. The largest absolute Gasteiger partial charge is 0.441 e. The van der Waals surface area contributed by atoms with Gasteiger partial charge in [-0.05, 0) is 50.6 Å². The van der Waals surface area contributed by atoms with Gasteiger partial charge in [0.2, 0.25) is 0 Å². The maximum absolute atomic E-state index is 5.79. The predicted octanol–water partition coefficient (Wildman–Crippen LogP) is 3.36. The van der Waals surface area contributed by atoms with E-state index in [2.05, 4.69) is 26.1 Å². The number of aryl methyl sites for hydroxylation is 1. The molecule has 3 heterocycles. The van der Waals surface area contributed by atoms with E-state index in [0.717, 1.165) is 42.9 Å². The molecule has 0 amide bonds. The van der Waals surface area contributed by atoms with Crippen molar-refractivity contribution in [3.8, 4) is 0 Å². The van der Waals surface area contributed by atoms with Gasteiger partial charge in [-0.25, -0.2) is 4.98 Å². The number of nitrogens with zero attached hydrogens (tertiary/aromatic N) is 3. The molecule has 1 atom stereocenters. The van der Waals surface area contributed by atoms with Crippen LogP contribution in [0.25, 0.3) is 11.1 Å². The minimum absolute atomic E-state index is 0.593.